The molecule has 0 bridgehead atoms. The van der Waals surface area contributed by atoms with Crippen LogP contribution in [0.2, 0.25) is 0 Å². The fraction of sp³-hybridized carbons (Fsp3) is 0.682. The van der Waals surface area contributed by atoms with Gasteiger partial charge in [-0.3, -0.25) is 4.90 Å². The zero-order valence-electron chi connectivity index (χ0n) is 16.5. The summed E-state index contributed by atoms with van der Waals surface area (Å²) in [6, 6.07) is 6.82. The first-order chi connectivity index (χ1) is 13.2. The van der Waals surface area contributed by atoms with Gasteiger partial charge < -0.3 is 16.0 Å². The highest BCUT2D eigenvalue weighted by molar-refractivity contribution is 5.71. The molecule has 0 unspecified atom stereocenters. The Bertz CT molecular complexity index is 646. The highest BCUT2D eigenvalue weighted by Gasteiger charge is 2.25. The average Bonchev–Trinajstić information content (AvgIpc) is 3.16. The van der Waals surface area contributed by atoms with Gasteiger partial charge in [-0.1, -0.05) is 12.1 Å². The Labute approximate surface area is 163 Å². The van der Waals surface area contributed by atoms with Crippen molar-refractivity contribution in [1.82, 2.24) is 10.2 Å². The topological polar surface area (TPSA) is 61.6 Å². The van der Waals surface area contributed by atoms with Gasteiger partial charge in [-0.2, -0.15) is 0 Å². The van der Waals surface area contributed by atoms with Crippen molar-refractivity contribution in [1.29, 1.82) is 0 Å². The number of piperazine rings is 1. The van der Waals surface area contributed by atoms with Gasteiger partial charge in [0.2, 0.25) is 0 Å². The van der Waals surface area contributed by atoms with E-state index in [9.17, 15) is 4.79 Å². The second kappa shape index (κ2) is 8.51. The van der Waals surface area contributed by atoms with Crippen LogP contribution >= 0.6 is 0 Å². The molecule has 5 heteroatoms. The number of hydrogen-bond acceptors (Lipinski definition) is 3. The largest absolute Gasteiger partial charge is 0.369 e. The predicted molar refractivity (Wildman–Crippen MR) is 110 cm³/mol. The molecule has 1 saturated carbocycles. The molecule has 148 valence electrons. The number of benzene rings is 1. The van der Waals surface area contributed by atoms with E-state index in [1.165, 1.54) is 63.8 Å². The van der Waals surface area contributed by atoms with Crippen molar-refractivity contribution < 1.29 is 4.79 Å². The predicted octanol–water partition coefficient (Wildman–Crippen LogP) is 2.91. The molecule has 0 radical (unpaired) electrons. The summed E-state index contributed by atoms with van der Waals surface area (Å²) in [5, 5.41) is 2.87. The number of nitrogens with zero attached hydrogens (tertiary/aromatic N) is 2. The lowest BCUT2D eigenvalue weighted by molar-refractivity contribution is 0.207. The molecule has 3 aliphatic rings. The van der Waals surface area contributed by atoms with E-state index in [-0.39, 0.29) is 6.03 Å². The smallest absolute Gasteiger partial charge is 0.312 e. The van der Waals surface area contributed by atoms with Crippen LogP contribution in [0.5, 0.6) is 0 Å². The molecule has 3 N–H and O–H groups in total. The first kappa shape index (κ1) is 18.6. The van der Waals surface area contributed by atoms with Crippen LogP contribution in [0.1, 0.15) is 49.7 Å². The van der Waals surface area contributed by atoms with Crippen LogP contribution in [0, 0.1) is 5.92 Å². The van der Waals surface area contributed by atoms with Gasteiger partial charge in [-0.05, 0) is 81.0 Å². The molecule has 0 spiro atoms. The van der Waals surface area contributed by atoms with E-state index >= 15 is 0 Å². The number of nitrogens with one attached hydrogen (secondary N) is 1. The Balaban J connectivity index is 1.20. The van der Waals surface area contributed by atoms with E-state index in [1.54, 1.807) is 11.1 Å². The van der Waals surface area contributed by atoms with Crippen LogP contribution in [-0.2, 0) is 12.8 Å². The summed E-state index contributed by atoms with van der Waals surface area (Å²) in [5.74, 6) is 0.811. The first-order valence-corrected chi connectivity index (χ1v) is 10.8. The Kier molecular flexibility index (Phi) is 5.86. The van der Waals surface area contributed by atoms with Gasteiger partial charge in [0.05, 0.1) is 0 Å². The normalized spacial score (nSPS) is 26.0. The maximum atomic E-state index is 11.0. The third-order valence-electron chi connectivity index (χ3n) is 6.88. The Morgan fingerprint density at radius 1 is 1.07 bits per heavy atom. The van der Waals surface area contributed by atoms with Crippen molar-refractivity contribution >= 4 is 11.7 Å². The van der Waals surface area contributed by atoms with Gasteiger partial charge in [-0.25, -0.2) is 4.79 Å². The number of aryl methyl sites for hydroxylation is 1. The number of amides is 2. The second-order valence-electron chi connectivity index (χ2n) is 8.61. The van der Waals surface area contributed by atoms with Crippen LogP contribution in [-0.4, -0.2) is 49.7 Å². The molecular weight excluding hydrogens is 336 g/mol. The summed E-state index contributed by atoms with van der Waals surface area (Å²) in [6.45, 7) is 5.90. The van der Waals surface area contributed by atoms with Gasteiger partial charge in [0.1, 0.15) is 0 Å². The summed E-state index contributed by atoms with van der Waals surface area (Å²) in [4.78, 5) is 16.2. The lowest BCUT2D eigenvalue weighted by Gasteiger charge is -2.38. The Morgan fingerprint density at radius 2 is 1.85 bits per heavy atom. The van der Waals surface area contributed by atoms with Crippen molar-refractivity contribution in [3.63, 3.8) is 0 Å². The number of carbonyl (C=O) groups excluding carboxylic acids is 1. The van der Waals surface area contributed by atoms with Crippen LogP contribution in [0.15, 0.2) is 18.2 Å². The molecule has 0 atom stereocenters. The fourth-order valence-corrected chi connectivity index (χ4v) is 5.27. The van der Waals surface area contributed by atoms with E-state index in [0.717, 1.165) is 31.8 Å². The number of hydrogen-bond donors (Lipinski definition) is 2. The monoisotopic (exact) mass is 370 g/mol. The molecule has 1 aromatic rings. The molecule has 27 heavy (non-hydrogen) atoms. The Morgan fingerprint density at radius 3 is 2.59 bits per heavy atom. The number of primary amides is 1. The molecule has 2 aliphatic carbocycles. The number of anilines is 1. The van der Waals surface area contributed by atoms with E-state index in [4.69, 9.17) is 5.73 Å². The molecule has 0 aromatic heterocycles. The Hall–Kier alpha value is -1.75. The van der Waals surface area contributed by atoms with Crippen LogP contribution < -0.4 is 16.0 Å². The number of urea groups is 1. The molecular formula is C22H34N4O. The quantitative estimate of drug-likeness (QED) is 0.838. The standard InChI is InChI=1S/C22H34N4O/c23-22(27)24-19-9-7-17(8-10-19)11-12-25-13-15-26(16-14-25)21-6-2-4-18-3-1-5-20(18)21/h2,4,6,17,19H,1,3,5,7-16H2,(H3,23,24,27)/t17-,19-. The highest BCUT2D eigenvalue weighted by Crippen LogP contribution is 2.32. The highest BCUT2D eigenvalue weighted by atomic mass is 16.2. The SMILES string of the molecule is NC(=O)N[C@H]1CC[C@H](CCN2CCN(c3cccc4c3CCC4)CC2)CC1. The maximum absolute atomic E-state index is 11.0. The number of rotatable bonds is 5. The lowest BCUT2D eigenvalue weighted by atomic mass is 9.84. The molecule has 1 aromatic carbocycles. The minimum atomic E-state index is -0.375. The molecule has 4 rings (SSSR count). The van der Waals surface area contributed by atoms with E-state index < -0.39 is 0 Å². The van der Waals surface area contributed by atoms with Gasteiger partial charge in [0, 0.05) is 37.9 Å². The van der Waals surface area contributed by atoms with Gasteiger partial charge >= 0.3 is 6.03 Å². The number of nitrogens with two attached hydrogens (primary N) is 1. The summed E-state index contributed by atoms with van der Waals surface area (Å²) in [5.41, 5.74) is 9.94. The third kappa shape index (κ3) is 4.57. The van der Waals surface area contributed by atoms with E-state index in [2.05, 4.69) is 33.3 Å². The molecule has 1 aliphatic heterocycles. The average molecular weight is 371 g/mol. The molecule has 2 amide bonds. The van der Waals surface area contributed by atoms with Gasteiger partial charge in [0.15, 0.2) is 0 Å². The molecule has 2 fully saturated rings. The molecule has 1 heterocycles. The summed E-state index contributed by atoms with van der Waals surface area (Å²) >= 11 is 0. The summed E-state index contributed by atoms with van der Waals surface area (Å²) in [7, 11) is 0. The minimum absolute atomic E-state index is 0.301. The lowest BCUT2D eigenvalue weighted by Crippen LogP contribution is -2.47. The van der Waals surface area contributed by atoms with Crippen molar-refractivity contribution in [3.05, 3.63) is 29.3 Å². The maximum Gasteiger partial charge on any atom is 0.312 e. The fourth-order valence-electron chi connectivity index (χ4n) is 5.27. The summed E-state index contributed by atoms with van der Waals surface area (Å²) in [6.07, 6.45) is 9.76. The van der Waals surface area contributed by atoms with Crippen molar-refractivity contribution in [2.24, 2.45) is 11.7 Å². The van der Waals surface area contributed by atoms with Gasteiger partial charge in [0.25, 0.3) is 0 Å². The molecule has 1 saturated heterocycles. The zero-order valence-corrected chi connectivity index (χ0v) is 16.5. The number of carbonyl (C=O) groups is 1. The van der Waals surface area contributed by atoms with E-state index in [1.807, 2.05) is 0 Å². The molecule has 5 nitrogen and oxygen atoms in total. The second-order valence-corrected chi connectivity index (χ2v) is 8.61. The summed E-state index contributed by atoms with van der Waals surface area (Å²) < 4.78 is 0. The van der Waals surface area contributed by atoms with Crippen LogP contribution in [0.25, 0.3) is 0 Å². The van der Waals surface area contributed by atoms with E-state index in [0.29, 0.717) is 6.04 Å². The van der Waals surface area contributed by atoms with Crippen molar-refractivity contribution in [2.45, 2.75) is 57.4 Å². The first-order valence-electron chi connectivity index (χ1n) is 10.8. The van der Waals surface area contributed by atoms with Crippen LogP contribution in [0.4, 0.5) is 10.5 Å². The van der Waals surface area contributed by atoms with Gasteiger partial charge in [-0.15, -0.1) is 0 Å². The van der Waals surface area contributed by atoms with Crippen molar-refractivity contribution in [3.8, 4) is 0 Å². The van der Waals surface area contributed by atoms with Crippen molar-refractivity contribution in [2.75, 3.05) is 37.6 Å². The third-order valence-corrected chi connectivity index (χ3v) is 6.88. The zero-order chi connectivity index (χ0) is 18.6. The van der Waals surface area contributed by atoms with Crippen LogP contribution in [0.3, 0.4) is 0 Å². The minimum Gasteiger partial charge on any atom is -0.369 e. The number of fused-ring (bicyclic) bond motifs is 1.